The summed E-state index contributed by atoms with van der Waals surface area (Å²) in [7, 11) is 0. The number of aromatic nitrogens is 4. The second kappa shape index (κ2) is 9.23. The van der Waals surface area contributed by atoms with Crippen LogP contribution in [-0.2, 0) is 18.5 Å². The van der Waals surface area contributed by atoms with Crippen molar-refractivity contribution < 1.29 is 32.0 Å². The Morgan fingerprint density at radius 3 is 2.83 bits per heavy atom. The molecule has 1 aliphatic carbocycles. The van der Waals surface area contributed by atoms with Crippen molar-refractivity contribution in [3.8, 4) is 23.2 Å². The summed E-state index contributed by atoms with van der Waals surface area (Å²) in [6.45, 7) is -1.22. The fourth-order valence-corrected chi connectivity index (χ4v) is 5.06. The molecule has 0 saturated carbocycles. The van der Waals surface area contributed by atoms with Gasteiger partial charge in [-0.3, -0.25) is 19.3 Å². The minimum atomic E-state index is -4.46. The van der Waals surface area contributed by atoms with Crippen molar-refractivity contribution in [2.75, 3.05) is 11.9 Å². The maximum atomic E-state index is 13.6. The number of hydrogen-bond acceptors (Lipinski definition) is 8. The van der Waals surface area contributed by atoms with Gasteiger partial charge in [-0.1, -0.05) is 11.2 Å². The van der Waals surface area contributed by atoms with E-state index in [1.54, 1.807) is 18.2 Å². The number of rotatable bonds is 5. The van der Waals surface area contributed by atoms with Gasteiger partial charge in [0.1, 0.15) is 23.2 Å². The average molecular weight is 549 g/mol. The molecule has 0 radical (unpaired) electrons. The van der Waals surface area contributed by atoms with Crippen LogP contribution >= 0.6 is 0 Å². The number of anilines is 1. The lowest BCUT2D eigenvalue weighted by Crippen LogP contribution is -2.52. The molecule has 2 aliphatic rings. The van der Waals surface area contributed by atoms with E-state index in [0.29, 0.717) is 24.1 Å². The molecular formula is C26H18F3N7O4. The maximum Gasteiger partial charge on any atom is 0.422 e. The number of amides is 2. The van der Waals surface area contributed by atoms with E-state index < -0.39 is 30.1 Å². The van der Waals surface area contributed by atoms with Crippen molar-refractivity contribution in [1.82, 2.24) is 25.2 Å². The predicted molar refractivity (Wildman–Crippen MR) is 130 cm³/mol. The van der Waals surface area contributed by atoms with Gasteiger partial charge in [-0.05, 0) is 48.2 Å². The van der Waals surface area contributed by atoms with Crippen molar-refractivity contribution in [2.24, 2.45) is 0 Å². The zero-order chi connectivity index (χ0) is 28.1. The van der Waals surface area contributed by atoms with Gasteiger partial charge in [-0.25, -0.2) is 0 Å². The minimum absolute atomic E-state index is 0.0817. The predicted octanol–water partition coefficient (Wildman–Crippen LogP) is 3.58. The van der Waals surface area contributed by atoms with Crippen LogP contribution in [0.3, 0.4) is 0 Å². The van der Waals surface area contributed by atoms with E-state index in [9.17, 15) is 22.8 Å². The van der Waals surface area contributed by atoms with Gasteiger partial charge in [-0.15, -0.1) is 0 Å². The van der Waals surface area contributed by atoms with Gasteiger partial charge in [-0.2, -0.15) is 23.5 Å². The summed E-state index contributed by atoms with van der Waals surface area (Å²) in [6.07, 6.45) is -0.840. The van der Waals surface area contributed by atoms with Crippen LogP contribution in [0.15, 0.2) is 53.3 Å². The number of carbonyl (C=O) groups is 2. The Bertz CT molecular complexity index is 1670. The minimum Gasteiger partial charge on any atom is -0.484 e. The van der Waals surface area contributed by atoms with Gasteiger partial charge >= 0.3 is 6.18 Å². The van der Waals surface area contributed by atoms with Crippen molar-refractivity contribution >= 4 is 17.5 Å². The van der Waals surface area contributed by atoms with Crippen molar-refractivity contribution in [3.05, 3.63) is 76.9 Å². The van der Waals surface area contributed by atoms with Crippen LogP contribution in [-0.4, -0.2) is 44.5 Å². The largest absolute Gasteiger partial charge is 0.484 e. The Balaban J connectivity index is 1.38. The zero-order valence-corrected chi connectivity index (χ0v) is 20.5. The highest BCUT2D eigenvalue weighted by Crippen LogP contribution is 2.44. The number of ether oxygens (including phenoxy) is 1. The Morgan fingerprint density at radius 2 is 2.12 bits per heavy atom. The summed E-state index contributed by atoms with van der Waals surface area (Å²) in [5.41, 5.74) is 1.63. The number of hydrogen-bond donors (Lipinski definition) is 2. The van der Waals surface area contributed by atoms with E-state index in [1.807, 2.05) is 6.07 Å². The second-order valence-electron chi connectivity index (χ2n) is 9.36. The Morgan fingerprint density at radius 1 is 1.27 bits per heavy atom. The molecule has 3 aromatic heterocycles. The molecule has 1 atom stereocenters. The molecule has 2 amide bonds. The monoisotopic (exact) mass is 549 g/mol. The number of alkyl halides is 3. The summed E-state index contributed by atoms with van der Waals surface area (Å²) in [5, 5.41) is 23.0. The molecule has 202 valence electrons. The first-order valence-electron chi connectivity index (χ1n) is 12.0. The molecular weight excluding hydrogens is 531 g/mol. The van der Waals surface area contributed by atoms with Gasteiger partial charge in [0.2, 0.25) is 5.76 Å². The third-order valence-electron chi connectivity index (χ3n) is 6.79. The second-order valence-corrected chi connectivity index (χ2v) is 9.36. The highest BCUT2D eigenvalue weighted by Gasteiger charge is 2.46. The van der Waals surface area contributed by atoms with Crippen LogP contribution in [0, 0.1) is 11.3 Å². The molecule has 11 nitrogen and oxygen atoms in total. The first-order valence-corrected chi connectivity index (χ1v) is 12.0. The molecule has 4 aromatic rings. The van der Waals surface area contributed by atoms with Gasteiger partial charge in [0.25, 0.3) is 11.8 Å². The number of halogens is 3. The molecule has 0 bridgehead atoms. The van der Waals surface area contributed by atoms with Gasteiger partial charge in [0.05, 0.1) is 29.5 Å². The van der Waals surface area contributed by atoms with E-state index >= 15 is 0 Å². The maximum absolute atomic E-state index is 13.6. The standard InChI is InChI=1S/C26H18F3N7O4/c27-26(28,29)13-39-16-2-3-17-15(9-16)5-7-25(17)12-36-22(24(38)34-25)21(33-23(37)19-6-8-32-40-19)20(35-36)18-4-1-14(10-30)11-31-18/h1-4,6,8-9,11H,5,7,12-13H2,(H,33,37)(H,34,38)/t25-/m0/s1. The Hall–Kier alpha value is -5.19. The van der Waals surface area contributed by atoms with E-state index in [0.717, 1.165) is 11.1 Å². The van der Waals surface area contributed by atoms with E-state index in [1.165, 1.54) is 35.3 Å². The van der Waals surface area contributed by atoms with Crippen LogP contribution in [0.1, 0.15) is 44.2 Å². The Kier molecular flexibility index (Phi) is 5.79. The van der Waals surface area contributed by atoms with Crippen LogP contribution in [0.25, 0.3) is 11.4 Å². The zero-order valence-electron chi connectivity index (χ0n) is 20.5. The van der Waals surface area contributed by atoms with Gasteiger partial charge in [0.15, 0.2) is 12.3 Å². The van der Waals surface area contributed by atoms with Crippen molar-refractivity contribution in [3.63, 3.8) is 0 Å². The summed E-state index contributed by atoms with van der Waals surface area (Å²) < 4.78 is 49.1. The molecule has 0 saturated heterocycles. The van der Waals surface area contributed by atoms with Crippen LogP contribution in [0.2, 0.25) is 0 Å². The van der Waals surface area contributed by atoms with Gasteiger partial charge in [0, 0.05) is 12.3 Å². The number of carbonyl (C=O) groups excluding carboxylic acids is 2. The molecule has 6 rings (SSSR count). The molecule has 1 spiro atoms. The first kappa shape index (κ1) is 25.1. The van der Waals surface area contributed by atoms with E-state index in [-0.39, 0.29) is 35.1 Å². The Labute approximate surface area is 223 Å². The highest BCUT2D eigenvalue weighted by atomic mass is 19.4. The number of benzene rings is 1. The molecule has 0 fully saturated rings. The number of nitrogens with zero attached hydrogens (tertiary/aromatic N) is 5. The molecule has 2 N–H and O–H groups in total. The normalized spacial score (nSPS) is 17.6. The number of fused-ring (bicyclic) bond motifs is 3. The summed E-state index contributed by atoms with van der Waals surface area (Å²) in [4.78, 5) is 30.7. The van der Waals surface area contributed by atoms with E-state index in [4.69, 9.17) is 14.5 Å². The lowest BCUT2D eigenvalue weighted by molar-refractivity contribution is -0.153. The number of pyridine rings is 1. The first-order chi connectivity index (χ1) is 19.2. The molecule has 0 unspecified atom stereocenters. The smallest absolute Gasteiger partial charge is 0.422 e. The van der Waals surface area contributed by atoms with Crippen molar-refractivity contribution in [1.29, 1.82) is 5.26 Å². The molecule has 1 aliphatic heterocycles. The number of aryl methyl sites for hydroxylation is 1. The lowest BCUT2D eigenvalue weighted by atomic mass is 9.89. The molecule has 40 heavy (non-hydrogen) atoms. The fourth-order valence-electron chi connectivity index (χ4n) is 5.06. The van der Waals surface area contributed by atoms with Crippen LogP contribution < -0.4 is 15.4 Å². The van der Waals surface area contributed by atoms with Gasteiger partial charge < -0.3 is 19.9 Å². The topological polar surface area (TPSA) is 148 Å². The summed E-state index contributed by atoms with van der Waals surface area (Å²) >= 11 is 0. The van der Waals surface area contributed by atoms with E-state index in [2.05, 4.69) is 25.9 Å². The summed E-state index contributed by atoms with van der Waals surface area (Å²) in [5.74, 6) is -1.17. The average Bonchev–Trinajstić information content (AvgIpc) is 3.66. The molecule has 14 heteroatoms. The fraction of sp³-hybridized carbons (Fsp3) is 0.231. The van der Waals surface area contributed by atoms with Crippen LogP contribution in [0.4, 0.5) is 18.9 Å². The number of nitriles is 1. The highest BCUT2D eigenvalue weighted by molar-refractivity contribution is 6.10. The summed E-state index contributed by atoms with van der Waals surface area (Å²) in [6, 6.07) is 11.1. The third-order valence-corrected chi connectivity index (χ3v) is 6.79. The third kappa shape index (κ3) is 4.41. The molecule has 4 heterocycles. The lowest BCUT2D eigenvalue weighted by Gasteiger charge is -2.36. The SMILES string of the molecule is N#Cc1ccc(-c2nn3c(c2NC(=O)c2ccno2)C(=O)N[C@@]2(CCc4cc(OCC(F)(F)F)ccc42)C3)nc1. The van der Waals surface area contributed by atoms with Crippen LogP contribution in [0.5, 0.6) is 5.75 Å². The van der Waals surface area contributed by atoms with Crippen molar-refractivity contribution in [2.45, 2.75) is 31.1 Å². The molecule has 1 aromatic carbocycles. The quantitative estimate of drug-likeness (QED) is 0.384. The number of nitrogens with one attached hydrogen (secondary N) is 2.